The van der Waals surface area contributed by atoms with Crippen molar-refractivity contribution >= 4 is 29.0 Å². The second-order valence-corrected chi connectivity index (χ2v) is 9.34. The summed E-state index contributed by atoms with van der Waals surface area (Å²) in [5.41, 5.74) is 9.61. The van der Waals surface area contributed by atoms with Crippen molar-refractivity contribution in [3.63, 3.8) is 0 Å². The molecule has 0 saturated carbocycles. The summed E-state index contributed by atoms with van der Waals surface area (Å²) in [7, 11) is 0. The first-order valence-electron chi connectivity index (χ1n) is 12.4. The van der Waals surface area contributed by atoms with Crippen molar-refractivity contribution in [3.05, 3.63) is 71.4 Å². The van der Waals surface area contributed by atoms with E-state index in [0.717, 1.165) is 61.8 Å². The fraction of sp³-hybridized carbons (Fsp3) is 0.333. The standard InChI is InChI=1S/C27H28N8O2/c28-14-18-3-6-25(32-15-18)34-10-7-19(8-11-34)33-24-13-21(31-17-23(24)27(29)37)12-20-4-5-22(16-30-20)35-9-1-2-26(35)36/h3-6,13,15-17,19H,1-2,7-12H2,(H2,29,37)(H,31,33). The normalized spacial score (nSPS) is 16.0. The molecule has 2 saturated heterocycles. The number of carbonyl (C=O) groups excluding carboxylic acids is 2. The molecule has 3 N–H and O–H groups in total. The fourth-order valence-corrected chi connectivity index (χ4v) is 4.81. The second kappa shape index (κ2) is 10.6. The first-order chi connectivity index (χ1) is 18.0. The Morgan fingerprint density at radius 1 is 1.05 bits per heavy atom. The van der Waals surface area contributed by atoms with E-state index >= 15 is 0 Å². The van der Waals surface area contributed by atoms with E-state index in [2.05, 4.69) is 31.2 Å². The van der Waals surface area contributed by atoms with Gasteiger partial charge in [0.2, 0.25) is 5.91 Å². The van der Waals surface area contributed by atoms with Gasteiger partial charge in [0.15, 0.2) is 0 Å². The van der Waals surface area contributed by atoms with Gasteiger partial charge < -0.3 is 20.9 Å². The number of anilines is 3. The van der Waals surface area contributed by atoms with Gasteiger partial charge in [-0.3, -0.25) is 19.6 Å². The average molecular weight is 497 g/mol. The lowest BCUT2D eigenvalue weighted by molar-refractivity contribution is -0.117. The van der Waals surface area contributed by atoms with Gasteiger partial charge in [-0.15, -0.1) is 0 Å². The molecule has 0 aromatic carbocycles. The van der Waals surface area contributed by atoms with Crippen LogP contribution in [0.25, 0.3) is 0 Å². The van der Waals surface area contributed by atoms with E-state index in [1.165, 1.54) is 6.20 Å². The molecule has 37 heavy (non-hydrogen) atoms. The Labute approximate surface area is 215 Å². The number of nitriles is 1. The molecule has 10 nitrogen and oxygen atoms in total. The van der Waals surface area contributed by atoms with Crippen LogP contribution >= 0.6 is 0 Å². The number of piperidine rings is 1. The molecular formula is C27H28N8O2. The first kappa shape index (κ1) is 24.2. The van der Waals surface area contributed by atoms with Crippen LogP contribution in [0.4, 0.5) is 17.2 Å². The Balaban J connectivity index is 1.24. The zero-order valence-electron chi connectivity index (χ0n) is 20.4. The summed E-state index contributed by atoms with van der Waals surface area (Å²) in [6, 6.07) is 11.6. The molecule has 2 amide bonds. The molecule has 0 unspecified atom stereocenters. The second-order valence-electron chi connectivity index (χ2n) is 9.34. The van der Waals surface area contributed by atoms with Gasteiger partial charge >= 0.3 is 0 Å². The van der Waals surface area contributed by atoms with Crippen LogP contribution in [0, 0.1) is 11.3 Å². The van der Waals surface area contributed by atoms with Crippen molar-refractivity contribution < 1.29 is 9.59 Å². The van der Waals surface area contributed by atoms with Crippen molar-refractivity contribution in [1.29, 1.82) is 5.26 Å². The molecule has 0 aliphatic carbocycles. The third-order valence-electron chi connectivity index (χ3n) is 6.84. The number of rotatable bonds is 7. The van der Waals surface area contributed by atoms with Crippen LogP contribution in [-0.4, -0.2) is 52.4 Å². The predicted molar refractivity (Wildman–Crippen MR) is 139 cm³/mol. The topological polar surface area (TPSA) is 141 Å². The minimum atomic E-state index is -0.529. The Morgan fingerprint density at radius 3 is 2.49 bits per heavy atom. The van der Waals surface area contributed by atoms with Crippen LogP contribution in [-0.2, 0) is 11.2 Å². The lowest BCUT2D eigenvalue weighted by Gasteiger charge is -2.34. The van der Waals surface area contributed by atoms with Gasteiger partial charge in [-0.2, -0.15) is 5.26 Å². The highest BCUT2D eigenvalue weighted by Crippen LogP contribution is 2.25. The Bertz CT molecular complexity index is 1330. The summed E-state index contributed by atoms with van der Waals surface area (Å²) in [5.74, 6) is 0.459. The predicted octanol–water partition coefficient (Wildman–Crippen LogP) is 2.64. The summed E-state index contributed by atoms with van der Waals surface area (Å²) in [6.45, 7) is 2.33. The molecule has 0 bridgehead atoms. The molecule has 3 aromatic heterocycles. The highest BCUT2D eigenvalue weighted by molar-refractivity contribution is 5.98. The lowest BCUT2D eigenvalue weighted by atomic mass is 10.0. The maximum atomic E-state index is 12.1. The van der Waals surface area contributed by atoms with E-state index in [9.17, 15) is 9.59 Å². The molecule has 0 atom stereocenters. The Kier molecular flexibility index (Phi) is 6.94. The minimum absolute atomic E-state index is 0.132. The van der Waals surface area contributed by atoms with Gasteiger partial charge in [-0.25, -0.2) is 4.98 Å². The number of amides is 2. The van der Waals surface area contributed by atoms with E-state index in [-0.39, 0.29) is 11.9 Å². The summed E-state index contributed by atoms with van der Waals surface area (Å²) in [5, 5.41) is 12.5. The summed E-state index contributed by atoms with van der Waals surface area (Å²) in [4.78, 5) is 41.4. The van der Waals surface area contributed by atoms with Crippen LogP contribution in [0.1, 0.15) is 53.0 Å². The SMILES string of the molecule is N#Cc1ccc(N2CCC(Nc3cc(Cc4ccc(N5CCCC5=O)cn4)ncc3C(N)=O)CC2)nc1. The van der Waals surface area contributed by atoms with Crippen molar-refractivity contribution in [3.8, 4) is 6.07 Å². The molecule has 0 spiro atoms. The number of hydrogen-bond acceptors (Lipinski definition) is 8. The lowest BCUT2D eigenvalue weighted by Crippen LogP contribution is -2.39. The van der Waals surface area contributed by atoms with Crippen LogP contribution in [0.2, 0.25) is 0 Å². The average Bonchev–Trinajstić information content (AvgIpc) is 3.35. The summed E-state index contributed by atoms with van der Waals surface area (Å²) < 4.78 is 0. The van der Waals surface area contributed by atoms with Crippen molar-refractivity contribution in [2.45, 2.75) is 38.1 Å². The monoisotopic (exact) mass is 496 g/mol. The number of nitrogens with one attached hydrogen (secondary N) is 1. The molecule has 188 valence electrons. The molecule has 10 heteroatoms. The van der Waals surface area contributed by atoms with Gasteiger partial charge in [0.25, 0.3) is 5.91 Å². The zero-order valence-corrected chi connectivity index (χ0v) is 20.4. The Hall–Kier alpha value is -4.52. The van der Waals surface area contributed by atoms with E-state index < -0.39 is 5.91 Å². The number of carbonyl (C=O) groups is 2. The number of primary amides is 1. The van der Waals surface area contributed by atoms with E-state index in [4.69, 9.17) is 11.0 Å². The molecule has 2 aliphatic rings. The number of hydrogen-bond donors (Lipinski definition) is 2. The maximum Gasteiger partial charge on any atom is 0.252 e. The summed E-state index contributed by atoms with van der Waals surface area (Å²) in [6.07, 6.45) is 8.50. The smallest absolute Gasteiger partial charge is 0.252 e. The molecule has 0 radical (unpaired) electrons. The van der Waals surface area contributed by atoms with Gasteiger partial charge in [-0.1, -0.05) is 0 Å². The third-order valence-corrected chi connectivity index (χ3v) is 6.84. The number of nitrogens with zero attached hydrogens (tertiary/aromatic N) is 6. The molecule has 2 aliphatic heterocycles. The van der Waals surface area contributed by atoms with Crippen LogP contribution in [0.5, 0.6) is 0 Å². The van der Waals surface area contributed by atoms with Gasteiger partial charge in [0.05, 0.1) is 28.7 Å². The number of aromatic nitrogens is 3. The molecule has 3 aromatic rings. The van der Waals surface area contributed by atoms with Crippen molar-refractivity contribution in [1.82, 2.24) is 15.0 Å². The van der Waals surface area contributed by atoms with E-state index in [1.54, 1.807) is 23.4 Å². The Morgan fingerprint density at radius 2 is 1.86 bits per heavy atom. The minimum Gasteiger partial charge on any atom is -0.381 e. The summed E-state index contributed by atoms with van der Waals surface area (Å²) >= 11 is 0. The van der Waals surface area contributed by atoms with Crippen molar-refractivity contribution in [2.75, 3.05) is 34.8 Å². The van der Waals surface area contributed by atoms with E-state index in [0.29, 0.717) is 29.7 Å². The first-order valence-corrected chi connectivity index (χ1v) is 12.4. The highest BCUT2D eigenvalue weighted by Gasteiger charge is 2.23. The van der Waals surface area contributed by atoms with Crippen LogP contribution < -0.4 is 20.9 Å². The quantitative estimate of drug-likeness (QED) is 0.509. The molecular weight excluding hydrogens is 468 g/mol. The van der Waals surface area contributed by atoms with Crippen LogP contribution in [0.3, 0.4) is 0 Å². The molecule has 2 fully saturated rings. The van der Waals surface area contributed by atoms with Gasteiger partial charge in [0, 0.05) is 62.3 Å². The van der Waals surface area contributed by atoms with E-state index in [1.807, 2.05) is 24.3 Å². The largest absolute Gasteiger partial charge is 0.381 e. The maximum absolute atomic E-state index is 12.1. The van der Waals surface area contributed by atoms with Crippen LogP contribution in [0.15, 0.2) is 48.9 Å². The molecule has 5 heterocycles. The third kappa shape index (κ3) is 5.51. The number of pyridine rings is 3. The zero-order chi connectivity index (χ0) is 25.8. The fourth-order valence-electron chi connectivity index (χ4n) is 4.81. The molecule has 5 rings (SSSR count). The van der Waals surface area contributed by atoms with Gasteiger partial charge in [-0.05, 0) is 49.6 Å². The number of nitrogens with two attached hydrogens (primary N) is 1. The van der Waals surface area contributed by atoms with Crippen molar-refractivity contribution in [2.24, 2.45) is 5.73 Å². The highest BCUT2D eigenvalue weighted by atomic mass is 16.2. The van der Waals surface area contributed by atoms with Gasteiger partial charge in [0.1, 0.15) is 11.9 Å².